The molecule has 1 amide bonds. The minimum absolute atomic E-state index is 0.0874. The zero-order valence-corrected chi connectivity index (χ0v) is 8.24. The molecule has 1 aliphatic rings. The van der Waals surface area contributed by atoms with Gasteiger partial charge in [-0.05, 0) is 22.0 Å². The predicted molar refractivity (Wildman–Crippen MR) is 49.2 cm³/mol. The van der Waals surface area contributed by atoms with Gasteiger partial charge in [0.25, 0.3) is 0 Å². The van der Waals surface area contributed by atoms with Gasteiger partial charge < -0.3 is 10.1 Å². The topological polar surface area (TPSA) is 51.2 Å². The van der Waals surface area contributed by atoms with Crippen LogP contribution in [-0.4, -0.2) is 17.7 Å². The number of hydrogen-bond acceptors (Lipinski definition) is 3. The summed E-state index contributed by atoms with van der Waals surface area (Å²) in [6, 6.07) is 3.64. The van der Waals surface area contributed by atoms with Crippen LogP contribution in [0.15, 0.2) is 22.9 Å². The Morgan fingerprint density at radius 1 is 1.69 bits per heavy atom. The number of amides is 1. The van der Waals surface area contributed by atoms with Crippen LogP contribution in [0.1, 0.15) is 11.6 Å². The van der Waals surface area contributed by atoms with Crippen LogP contribution in [-0.2, 0) is 4.74 Å². The first kappa shape index (κ1) is 8.50. The van der Waals surface area contributed by atoms with E-state index in [-0.39, 0.29) is 12.1 Å². The van der Waals surface area contributed by atoms with E-state index in [1.807, 2.05) is 12.1 Å². The van der Waals surface area contributed by atoms with Gasteiger partial charge in [0.1, 0.15) is 11.2 Å². The van der Waals surface area contributed by atoms with Crippen molar-refractivity contribution in [2.75, 3.05) is 6.61 Å². The van der Waals surface area contributed by atoms with Crippen molar-refractivity contribution >= 4 is 22.0 Å². The number of ether oxygens (including phenoxy) is 1. The number of cyclic esters (lactones) is 1. The summed E-state index contributed by atoms with van der Waals surface area (Å²) in [5, 5.41) is 2.68. The van der Waals surface area contributed by atoms with Crippen LogP contribution in [0, 0.1) is 0 Å². The molecule has 13 heavy (non-hydrogen) atoms. The van der Waals surface area contributed by atoms with E-state index in [4.69, 9.17) is 4.74 Å². The van der Waals surface area contributed by atoms with E-state index in [0.29, 0.717) is 6.61 Å². The van der Waals surface area contributed by atoms with Crippen molar-refractivity contribution in [2.24, 2.45) is 0 Å². The molecule has 4 nitrogen and oxygen atoms in total. The maximum Gasteiger partial charge on any atom is 0.407 e. The number of alkyl carbamates (subject to hydrolysis) is 1. The summed E-state index contributed by atoms with van der Waals surface area (Å²) in [6.07, 6.45) is 1.31. The molecular weight excluding hydrogens is 236 g/mol. The second-order valence-electron chi connectivity index (χ2n) is 2.68. The smallest absolute Gasteiger partial charge is 0.407 e. The average molecular weight is 243 g/mol. The van der Waals surface area contributed by atoms with Crippen LogP contribution in [0.2, 0.25) is 0 Å². The Labute approximate surface area is 83.4 Å². The first-order valence-corrected chi connectivity index (χ1v) is 4.60. The lowest BCUT2D eigenvalue weighted by Gasteiger charge is -2.07. The molecule has 0 saturated carbocycles. The minimum atomic E-state index is -0.374. The summed E-state index contributed by atoms with van der Waals surface area (Å²) < 4.78 is 5.52. The Kier molecular flexibility index (Phi) is 2.18. The SMILES string of the molecule is O=C1N[C@H](c2cccnc2Br)CO1. The van der Waals surface area contributed by atoms with E-state index in [1.165, 1.54) is 0 Å². The normalized spacial score (nSPS) is 21.0. The van der Waals surface area contributed by atoms with Crippen molar-refractivity contribution in [3.63, 3.8) is 0 Å². The van der Waals surface area contributed by atoms with Gasteiger partial charge in [0.05, 0.1) is 6.04 Å². The molecule has 0 bridgehead atoms. The summed E-state index contributed by atoms with van der Waals surface area (Å²) >= 11 is 3.31. The van der Waals surface area contributed by atoms with Crippen LogP contribution in [0.5, 0.6) is 0 Å². The highest BCUT2D eigenvalue weighted by Crippen LogP contribution is 2.23. The van der Waals surface area contributed by atoms with Gasteiger partial charge in [-0.1, -0.05) is 6.07 Å². The van der Waals surface area contributed by atoms with E-state index < -0.39 is 0 Å². The van der Waals surface area contributed by atoms with Crippen LogP contribution >= 0.6 is 15.9 Å². The average Bonchev–Trinajstić information content (AvgIpc) is 2.53. The third kappa shape index (κ3) is 1.65. The summed E-state index contributed by atoms with van der Waals surface area (Å²) in [5.41, 5.74) is 0.938. The fraction of sp³-hybridized carbons (Fsp3) is 0.250. The molecule has 0 aliphatic carbocycles. The van der Waals surface area contributed by atoms with Gasteiger partial charge in [0.2, 0.25) is 0 Å². The lowest BCUT2D eigenvalue weighted by molar-refractivity contribution is 0.177. The van der Waals surface area contributed by atoms with Crippen LogP contribution in [0.25, 0.3) is 0 Å². The standard InChI is InChI=1S/C8H7BrN2O2/c9-7-5(2-1-3-10-7)6-4-13-8(12)11-6/h1-3,6H,4H2,(H,11,12)/t6-/m0/s1. The Bertz CT molecular complexity index is 343. The number of carbonyl (C=O) groups excluding carboxylic acids is 1. The maximum atomic E-state index is 10.8. The molecule has 1 aromatic heterocycles. The first-order valence-electron chi connectivity index (χ1n) is 3.81. The fourth-order valence-electron chi connectivity index (χ4n) is 1.21. The van der Waals surface area contributed by atoms with Gasteiger partial charge in [-0.25, -0.2) is 9.78 Å². The van der Waals surface area contributed by atoms with Crippen molar-refractivity contribution in [2.45, 2.75) is 6.04 Å². The largest absolute Gasteiger partial charge is 0.447 e. The quantitative estimate of drug-likeness (QED) is 0.762. The lowest BCUT2D eigenvalue weighted by atomic mass is 10.1. The van der Waals surface area contributed by atoms with Crippen molar-refractivity contribution in [1.29, 1.82) is 0 Å². The van der Waals surface area contributed by atoms with Gasteiger partial charge in [0.15, 0.2) is 0 Å². The van der Waals surface area contributed by atoms with Crippen molar-refractivity contribution < 1.29 is 9.53 Å². The Hall–Kier alpha value is -1.10. The maximum absolute atomic E-state index is 10.8. The van der Waals surface area contributed by atoms with E-state index in [1.54, 1.807) is 6.20 Å². The number of nitrogens with one attached hydrogen (secondary N) is 1. The molecule has 2 rings (SSSR count). The van der Waals surface area contributed by atoms with Crippen LogP contribution in [0.3, 0.4) is 0 Å². The van der Waals surface area contributed by atoms with E-state index >= 15 is 0 Å². The number of hydrogen-bond donors (Lipinski definition) is 1. The Morgan fingerprint density at radius 2 is 2.54 bits per heavy atom. The third-order valence-electron chi connectivity index (χ3n) is 1.84. The zero-order chi connectivity index (χ0) is 9.26. The Morgan fingerprint density at radius 3 is 3.15 bits per heavy atom. The van der Waals surface area contributed by atoms with E-state index in [0.717, 1.165) is 10.2 Å². The molecule has 5 heteroatoms. The van der Waals surface area contributed by atoms with Crippen molar-refractivity contribution in [3.05, 3.63) is 28.5 Å². The van der Waals surface area contributed by atoms with E-state index in [9.17, 15) is 4.79 Å². The highest BCUT2D eigenvalue weighted by atomic mass is 79.9. The fourth-order valence-corrected chi connectivity index (χ4v) is 1.74. The molecule has 1 aliphatic heterocycles. The number of halogens is 1. The van der Waals surface area contributed by atoms with Gasteiger partial charge in [-0.3, -0.25) is 0 Å². The number of aromatic nitrogens is 1. The van der Waals surface area contributed by atoms with Gasteiger partial charge in [-0.15, -0.1) is 0 Å². The van der Waals surface area contributed by atoms with Gasteiger partial charge in [0, 0.05) is 11.8 Å². The second kappa shape index (κ2) is 3.33. The molecule has 1 saturated heterocycles. The third-order valence-corrected chi connectivity index (χ3v) is 2.50. The molecule has 1 N–H and O–H groups in total. The molecule has 0 unspecified atom stereocenters. The second-order valence-corrected chi connectivity index (χ2v) is 3.43. The van der Waals surface area contributed by atoms with Crippen LogP contribution < -0.4 is 5.32 Å². The predicted octanol–water partition coefficient (Wildman–Crippen LogP) is 1.62. The monoisotopic (exact) mass is 242 g/mol. The molecule has 0 spiro atoms. The molecule has 68 valence electrons. The van der Waals surface area contributed by atoms with Gasteiger partial charge >= 0.3 is 6.09 Å². The zero-order valence-electron chi connectivity index (χ0n) is 6.66. The van der Waals surface area contributed by atoms with Gasteiger partial charge in [-0.2, -0.15) is 0 Å². The number of nitrogens with zero attached hydrogens (tertiary/aromatic N) is 1. The van der Waals surface area contributed by atoms with Crippen molar-refractivity contribution in [3.8, 4) is 0 Å². The number of rotatable bonds is 1. The highest BCUT2D eigenvalue weighted by Gasteiger charge is 2.25. The molecule has 2 heterocycles. The summed E-state index contributed by atoms with van der Waals surface area (Å²) in [7, 11) is 0. The lowest BCUT2D eigenvalue weighted by Crippen LogP contribution is -2.18. The summed E-state index contributed by atoms with van der Waals surface area (Å²) in [5.74, 6) is 0. The van der Waals surface area contributed by atoms with Crippen LogP contribution in [0.4, 0.5) is 4.79 Å². The molecule has 1 fully saturated rings. The minimum Gasteiger partial charge on any atom is -0.447 e. The Balaban J connectivity index is 2.26. The molecule has 0 radical (unpaired) electrons. The molecule has 0 aromatic carbocycles. The molecule has 1 atom stereocenters. The first-order chi connectivity index (χ1) is 6.27. The molecular formula is C8H7BrN2O2. The summed E-state index contributed by atoms with van der Waals surface area (Å²) in [4.78, 5) is 14.8. The highest BCUT2D eigenvalue weighted by molar-refractivity contribution is 9.10. The van der Waals surface area contributed by atoms with Crippen molar-refractivity contribution in [1.82, 2.24) is 10.3 Å². The summed E-state index contributed by atoms with van der Waals surface area (Å²) in [6.45, 7) is 0.364. The molecule has 1 aromatic rings. The number of carbonyl (C=O) groups is 1. The van der Waals surface area contributed by atoms with E-state index in [2.05, 4.69) is 26.2 Å². The number of pyridine rings is 1.